The SMILES string of the molecule is C[C@H](CO)Nc1nc(SCc2cccc(Cl)c2F)nc2[nH]c(=O)sc12.C[C@H](CO)Nc1nc(SCc2ccccc2)nc2nc(N)sc12.NS(=O)(=O)c1c(Cl)ccc(NC(=O)Nc2cccc(Cl)c2Cl)c1O. The summed E-state index contributed by atoms with van der Waals surface area (Å²) in [6, 6.07) is 20.8. The summed E-state index contributed by atoms with van der Waals surface area (Å²) < 4.78 is 38.3. The number of H-pyrrole nitrogens is 1. The number of aromatic nitrogens is 6. The number of hydrogen-bond donors (Lipinski definition) is 10. The minimum Gasteiger partial charge on any atom is -0.504 e. The molecule has 29 heteroatoms. The highest BCUT2D eigenvalue weighted by molar-refractivity contribution is 7.98. The summed E-state index contributed by atoms with van der Waals surface area (Å²) in [5.74, 6) is 0.957. The van der Waals surface area contributed by atoms with Crippen LogP contribution < -0.4 is 37.0 Å². The lowest BCUT2D eigenvalue weighted by Gasteiger charge is -2.13. The van der Waals surface area contributed by atoms with E-state index >= 15 is 0 Å². The third-order valence-electron chi connectivity index (χ3n) is 9.24. The molecule has 4 heterocycles. The van der Waals surface area contributed by atoms with Crippen LogP contribution >= 0.6 is 92.6 Å². The molecular formula is C43H41Cl4FN12O7S5. The molecule has 4 aromatic heterocycles. The van der Waals surface area contributed by atoms with Crippen molar-refractivity contribution in [2.75, 3.05) is 40.2 Å². The van der Waals surface area contributed by atoms with Gasteiger partial charge in [-0.05, 0) is 55.3 Å². The predicted octanol–water partition coefficient (Wildman–Crippen LogP) is 9.65. The number of carbonyl (C=O) groups excluding carboxylic acids is 1. The largest absolute Gasteiger partial charge is 0.504 e. The van der Waals surface area contributed by atoms with Crippen molar-refractivity contribution in [3.63, 3.8) is 0 Å². The van der Waals surface area contributed by atoms with E-state index in [1.165, 1.54) is 59.0 Å². The number of aromatic hydroxyl groups is 1. The number of phenolic OH excluding ortho intramolecular Hbond substituents is 1. The summed E-state index contributed by atoms with van der Waals surface area (Å²) in [5.41, 5.74) is 8.45. The normalized spacial score (nSPS) is 12.0. The van der Waals surface area contributed by atoms with E-state index in [4.69, 9.17) is 57.3 Å². The van der Waals surface area contributed by atoms with Crippen molar-refractivity contribution in [2.24, 2.45) is 5.14 Å². The number of primary sulfonamides is 1. The number of rotatable bonds is 15. The number of urea groups is 1. The number of aliphatic hydroxyl groups excluding tert-OH is 2. The van der Waals surface area contributed by atoms with Gasteiger partial charge in [-0.1, -0.05) is 141 Å². The molecule has 0 fully saturated rings. The van der Waals surface area contributed by atoms with Gasteiger partial charge in [0.15, 0.2) is 44.1 Å². The number of hydrogen-bond acceptors (Lipinski definition) is 19. The standard InChI is InChI=1S/C15H14ClFN4O2S2.C15H17N5OS2.C13H10Cl3N3O4S/c1-7(5-22)18-12-11-13(21-15(23)25-11)20-14(19-12)24-6-8-3-2-4-9(16)10(8)17;1-9(7-21)17-12-11-13(18-14(16)23-11)20-15(19-12)22-8-10-5-3-2-4-6-10;14-6-2-1-3-8(10(6)16)18-13(21)19-9-5-4-7(15)12(11(9)20)24(17,22)23/h2-4,7,22H,5-6H2,1H3,(H2,18,19,20,21,23);2-6,9,21H,7-8H2,1H3,(H3,16,17,18,19,20);1-5,20H,(H2,17,22,23)(H2,18,19,21)/t7-;9-;/m11./s1. The number of thioether (sulfide) groups is 2. The van der Waals surface area contributed by atoms with Crippen molar-refractivity contribution in [3.05, 3.63) is 126 Å². The molecule has 2 amide bonds. The first-order valence-corrected chi connectivity index (χ1v) is 27.3. The highest BCUT2D eigenvalue weighted by Crippen LogP contribution is 2.37. The maximum atomic E-state index is 14.0. The Kier molecular flexibility index (Phi) is 19.9. The molecule has 8 rings (SSSR count). The Balaban J connectivity index is 0.000000177. The van der Waals surface area contributed by atoms with E-state index < -0.39 is 32.5 Å². The number of nitrogens with zero attached hydrogens (tertiary/aromatic N) is 5. The minimum atomic E-state index is -4.29. The first kappa shape index (κ1) is 56.0. The molecule has 4 aromatic carbocycles. The van der Waals surface area contributed by atoms with E-state index in [0.717, 1.165) is 21.8 Å². The molecule has 0 radical (unpaired) electrons. The van der Waals surface area contributed by atoms with E-state index in [0.29, 0.717) is 54.4 Å². The number of nitrogens with one attached hydrogen (secondary N) is 5. The van der Waals surface area contributed by atoms with Gasteiger partial charge in [-0.15, -0.1) is 0 Å². The van der Waals surface area contributed by atoms with E-state index in [1.807, 2.05) is 25.1 Å². The van der Waals surface area contributed by atoms with Crippen molar-refractivity contribution in [3.8, 4) is 5.75 Å². The molecular weight excluding hydrogens is 1120 g/mol. The second-order valence-corrected chi connectivity index (χ2v) is 21.8. The summed E-state index contributed by atoms with van der Waals surface area (Å²) in [5, 5.41) is 46.0. The van der Waals surface area contributed by atoms with Crippen LogP contribution in [0.3, 0.4) is 0 Å². The first-order chi connectivity index (χ1) is 34.2. The van der Waals surface area contributed by atoms with Crippen LogP contribution in [0, 0.1) is 5.82 Å². The highest BCUT2D eigenvalue weighted by Gasteiger charge is 2.23. The molecule has 0 saturated heterocycles. The predicted molar refractivity (Wildman–Crippen MR) is 289 cm³/mol. The van der Waals surface area contributed by atoms with Crippen molar-refractivity contribution in [1.29, 1.82) is 0 Å². The fourth-order valence-electron chi connectivity index (χ4n) is 5.85. The zero-order valence-electron chi connectivity index (χ0n) is 37.3. The van der Waals surface area contributed by atoms with Crippen molar-refractivity contribution >= 4 is 157 Å². The number of benzene rings is 4. The van der Waals surface area contributed by atoms with Crippen molar-refractivity contribution in [2.45, 2.75) is 52.6 Å². The molecule has 0 saturated carbocycles. The molecule has 380 valence electrons. The number of carbonyl (C=O) groups is 1. The fourth-order valence-corrected chi connectivity index (χ4v) is 10.7. The third-order valence-corrected chi connectivity index (χ3v) is 15.3. The quantitative estimate of drug-likeness (QED) is 0.0259. The topological polar surface area (TPSA) is 309 Å². The zero-order valence-corrected chi connectivity index (χ0v) is 44.4. The fraction of sp³-hybridized carbons (Fsp3) is 0.186. The van der Waals surface area contributed by atoms with E-state index in [2.05, 4.69) is 63.3 Å². The number of nitrogens with two attached hydrogens (primary N) is 2. The van der Waals surface area contributed by atoms with Gasteiger partial charge in [0.1, 0.15) is 20.1 Å². The lowest BCUT2D eigenvalue weighted by molar-refractivity contribution is 0.262. The number of fused-ring (bicyclic) bond motifs is 2. The van der Waals surface area contributed by atoms with Crippen molar-refractivity contribution < 1.29 is 32.9 Å². The Morgan fingerprint density at radius 2 is 1.38 bits per heavy atom. The Bertz CT molecular complexity index is 3380. The zero-order chi connectivity index (χ0) is 52.3. The molecule has 12 N–H and O–H groups in total. The van der Waals surface area contributed by atoms with Crippen LogP contribution in [0.1, 0.15) is 25.0 Å². The Hall–Kier alpha value is -5.29. The van der Waals surface area contributed by atoms with Crippen LogP contribution in [0.4, 0.5) is 37.3 Å². The molecule has 0 aliphatic carbocycles. The van der Waals surface area contributed by atoms with Gasteiger partial charge in [-0.3, -0.25) is 9.78 Å². The Labute approximate surface area is 446 Å². The first-order valence-electron chi connectivity index (χ1n) is 20.6. The molecule has 2 atom stereocenters. The van der Waals surface area contributed by atoms with Gasteiger partial charge in [0.25, 0.3) is 0 Å². The Morgan fingerprint density at radius 3 is 2.04 bits per heavy atom. The molecule has 0 aliphatic heterocycles. The van der Waals surface area contributed by atoms with Crippen LogP contribution in [0.15, 0.2) is 98.9 Å². The monoisotopic (exact) mass is 1160 g/mol. The van der Waals surface area contributed by atoms with E-state index in [9.17, 15) is 37.7 Å². The number of aliphatic hydroxyl groups is 2. The summed E-state index contributed by atoms with van der Waals surface area (Å²) >= 11 is 28.4. The molecule has 0 bridgehead atoms. The third kappa shape index (κ3) is 15.1. The number of nitrogen functional groups attached to an aromatic ring is 1. The van der Waals surface area contributed by atoms with Gasteiger partial charge in [0.2, 0.25) is 10.0 Å². The maximum Gasteiger partial charge on any atom is 0.323 e. The molecule has 0 spiro atoms. The van der Waals surface area contributed by atoms with E-state index in [-0.39, 0.29) is 61.6 Å². The van der Waals surface area contributed by atoms with Gasteiger partial charge in [-0.2, -0.15) is 0 Å². The Morgan fingerprint density at radius 1 is 0.764 bits per heavy atom. The van der Waals surface area contributed by atoms with Crippen LogP contribution in [0.25, 0.3) is 20.7 Å². The molecule has 0 unspecified atom stereocenters. The number of thiazole rings is 2. The molecule has 0 aliphatic rings. The summed E-state index contributed by atoms with van der Waals surface area (Å²) in [6.45, 7) is 3.61. The summed E-state index contributed by atoms with van der Waals surface area (Å²) in [7, 11) is -4.29. The van der Waals surface area contributed by atoms with Gasteiger partial charge in [0, 0.05) is 23.6 Å². The summed E-state index contributed by atoms with van der Waals surface area (Å²) in [6.07, 6.45) is 0. The maximum absolute atomic E-state index is 14.0. The number of anilines is 5. The average Bonchev–Trinajstić information content (AvgIpc) is 3.92. The second kappa shape index (κ2) is 25.6. The van der Waals surface area contributed by atoms with Crippen LogP contribution in [0.2, 0.25) is 20.1 Å². The van der Waals surface area contributed by atoms with Crippen LogP contribution in [0.5, 0.6) is 5.75 Å². The molecule has 72 heavy (non-hydrogen) atoms. The lowest BCUT2D eigenvalue weighted by atomic mass is 10.2. The molecule has 8 aromatic rings. The number of sulfonamides is 1. The van der Waals surface area contributed by atoms with E-state index in [1.54, 1.807) is 36.9 Å². The second-order valence-electron chi connectivity index (χ2n) is 14.8. The van der Waals surface area contributed by atoms with Crippen LogP contribution in [-0.4, -0.2) is 85.0 Å². The number of halogens is 5. The molecule has 19 nitrogen and oxygen atoms in total. The number of aromatic amines is 1. The van der Waals surface area contributed by atoms with Crippen LogP contribution in [-0.2, 0) is 21.5 Å². The summed E-state index contributed by atoms with van der Waals surface area (Å²) in [4.78, 5) is 47.3. The minimum absolute atomic E-state index is 0.0201. The lowest BCUT2D eigenvalue weighted by Crippen LogP contribution is -2.20. The number of phenols is 1. The smallest absolute Gasteiger partial charge is 0.323 e. The average molecular weight is 1160 g/mol. The number of amides is 2. The highest BCUT2D eigenvalue weighted by atomic mass is 35.5. The van der Waals surface area contributed by atoms with Gasteiger partial charge >= 0.3 is 10.9 Å². The van der Waals surface area contributed by atoms with Gasteiger partial charge in [0.05, 0.1) is 44.7 Å². The van der Waals surface area contributed by atoms with Crippen molar-refractivity contribution in [1.82, 2.24) is 29.9 Å². The van der Waals surface area contributed by atoms with Gasteiger partial charge in [-0.25, -0.2) is 47.7 Å². The van der Waals surface area contributed by atoms with Gasteiger partial charge < -0.3 is 42.3 Å².